The number of hydrogen-bond acceptors (Lipinski definition) is 5. The Hall–Kier alpha value is -2.29. The highest BCUT2D eigenvalue weighted by atomic mass is 32.2. The summed E-state index contributed by atoms with van der Waals surface area (Å²) in [5.74, 6) is 6.06. The lowest BCUT2D eigenvalue weighted by atomic mass is 10.2. The summed E-state index contributed by atoms with van der Waals surface area (Å²) in [4.78, 5) is 4.45. The van der Waals surface area contributed by atoms with Crippen LogP contribution >= 0.6 is 0 Å². The van der Waals surface area contributed by atoms with Gasteiger partial charge >= 0.3 is 0 Å². The standard InChI is InChI=1S/C13H16N6OS/c14-13(11-1-3-12(4-2-11)21(16)20)18-19(15)9-10-5-7-17-8-6-10/h1-8H,9,15-16H2,(H2,14,18). The van der Waals surface area contributed by atoms with E-state index in [0.29, 0.717) is 17.0 Å². The third-order valence-electron chi connectivity index (χ3n) is 2.71. The summed E-state index contributed by atoms with van der Waals surface area (Å²) < 4.78 is 11.1. The first-order chi connectivity index (χ1) is 10.1. The van der Waals surface area contributed by atoms with Crippen LogP contribution in [0.1, 0.15) is 11.1 Å². The number of pyridine rings is 1. The van der Waals surface area contributed by atoms with E-state index in [1.807, 2.05) is 12.1 Å². The van der Waals surface area contributed by atoms with Gasteiger partial charge in [-0.05, 0) is 42.0 Å². The summed E-state index contributed by atoms with van der Waals surface area (Å²) in [5, 5.41) is 10.6. The van der Waals surface area contributed by atoms with Crippen LogP contribution in [0.15, 0.2) is 58.8 Å². The van der Waals surface area contributed by atoms with Gasteiger partial charge in [0.05, 0.1) is 11.4 Å². The number of amidine groups is 1. The van der Waals surface area contributed by atoms with E-state index in [9.17, 15) is 4.21 Å². The molecule has 0 amide bonds. The number of benzene rings is 1. The third kappa shape index (κ3) is 4.35. The fourth-order valence-electron chi connectivity index (χ4n) is 1.67. The molecule has 0 bridgehead atoms. The maximum Gasteiger partial charge on any atom is 0.152 e. The van der Waals surface area contributed by atoms with Crippen molar-refractivity contribution in [2.24, 2.45) is 21.8 Å². The Morgan fingerprint density at radius 2 is 1.81 bits per heavy atom. The topological polar surface area (TPSA) is 124 Å². The van der Waals surface area contributed by atoms with Crippen molar-refractivity contribution in [3.05, 3.63) is 59.9 Å². The van der Waals surface area contributed by atoms with Gasteiger partial charge in [0.25, 0.3) is 0 Å². The predicted octanol–water partition coefficient (Wildman–Crippen LogP) is 0.0591. The fraction of sp³-hybridized carbons (Fsp3) is 0.0769. The van der Waals surface area contributed by atoms with E-state index in [1.165, 1.54) is 5.12 Å². The molecule has 0 fully saturated rings. The smallest absolute Gasteiger partial charge is 0.152 e. The first-order valence-corrected chi connectivity index (χ1v) is 7.29. The second-order valence-electron chi connectivity index (χ2n) is 4.26. The fourth-order valence-corrected chi connectivity index (χ4v) is 2.07. The van der Waals surface area contributed by atoms with Gasteiger partial charge < -0.3 is 5.73 Å². The van der Waals surface area contributed by atoms with Crippen LogP contribution in [0.4, 0.5) is 0 Å². The van der Waals surface area contributed by atoms with Gasteiger partial charge in [-0.15, -0.1) is 5.10 Å². The lowest BCUT2D eigenvalue weighted by Gasteiger charge is -2.13. The average Bonchev–Trinajstić information content (AvgIpc) is 2.48. The molecule has 1 heterocycles. The lowest BCUT2D eigenvalue weighted by molar-refractivity contribution is 0.290. The van der Waals surface area contributed by atoms with Crippen molar-refractivity contribution < 1.29 is 4.21 Å². The minimum Gasteiger partial charge on any atom is -0.382 e. The predicted molar refractivity (Wildman–Crippen MR) is 81.7 cm³/mol. The van der Waals surface area contributed by atoms with Gasteiger partial charge in [0, 0.05) is 18.0 Å². The van der Waals surface area contributed by atoms with E-state index in [-0.39, 0.29) is 5.84 Å². The van der Waals surface area contributed by atoms with Gasteiger partial charge in [0.15, 0.2) is 5.84 Å². The Morgan fingerprint density at radius 1 is 1.19 bits per heavy atom. The molecule has 0 spiro atoms. The highest BCUT2D eigenvalue weighted by Crippen LogP contribution is 2.07. The summed E-state index contributed by atoms with van der Waals surface area (Å²) in [6, 6.07) is 10.3. The van der Waals surface area contributed by atoms with Crippen molar-refractivity contribution in [2.45, 2.75) is 11.4 Å². The van der Waals surface area contributed by atoms with Crippen LogP contribution in [0.2, 0.25) is 0 Å². The molecule has 8 heteroatoms. The SMILES string of the molecule is N/C(=N\N(N)Cc1ccncc1)c1ccc(S(N)=O)cc1. The van der Waals surface area contributed by atoms with Crippen LogP contribution in [0.25, 0.3) is 0 Å². The van der Waals surface area contributed by atoms with Crippen LogP contribution in [-0.2, 0) is 17.5 Å². The average molecular weight is 304 g/mol. The molecule has 0 aliphatic heterocycles. The minimum absolute atomic E-state index is 0.265. The van der Waals surface area contributed by atoms with Gasteiger partial charge in [0.1, 0.15) is 11.0 Å². The Labute approximate surface area is 125 Å². The summed E-state index contributed by atoms with van der Waals surface area (Å²) in [6.45, 7) is 0.411. The maximum atomic E-state index is 11.1. The number of hydrogen-bond donors (Lipinski definition) is 3. The van der Waals surface area contributed by atoms with Gasteiger partial charge in [-0.3, -0.25) is 4.98 Å². The molecule has 0 aliphatic carbocycles. The molecule has 1 aromatic carbocycles. The molecular weight excluding hydrogens is 288 g/mol. The second-order valence-corrected chi connectivity index (χ2v) is 5.33. The summed E-state index contributed by atoms with van der Waals surface area (Å²) in [5.41, 5.74) is 7.53. The van der Waals surface area contributed by atoms with Gasteiger partial charge in [-0.2, -0.15) is 0 Å². The number of nitrogens with zero attached hydrogens (tertiary/aromatic N) is 3. The Balaban J connectivity index is 2.07. The maximum absolute atomic E-state index is 11.1. The van der Waals surface area contributed by atoms with Crippen LogP contribution in [0.3, 0.4) is 0 Å². The highest BCUT2D eigenvalue weighted by Gasteiger charge is 2.04. The number of aromatic nitrogens is 1. The molecule has 0 radical (unpaired) electrons. The van der Waals surface area contributed by atoms with Crippen molar-refractivity contribution in [2.75, 3.05) is 0 Å². The van der Waals surface area contributed by atoms with E-state index < -0.39 is 11.0 Å². The van der Waals surface area contributed by atoms with Crippen molar-refractivity contribution in [3.8, 4) is 0 Å². The molecule has 7 nitrogen and oxygen atoms in total. The Morgan fingerprint density at radius 3 is 2.38 bits per heavy atom. The summed E-state index contributed by atoms with van der Waals surface area (Å²) in [6.07, 6.45) is 3.36. The van der Waals surface area contributed by atoms with Gasteiger partial charge in [0.2, 0.25) is 0 Å². The number of rotatable bonds is 5. The molecule has 1 aromatic heterocycles. The molecule has 1 atom stereocenters. The summed E-state index contributed by atoms with van der Waals surface area (Å²) >= 11 is 0. The monoisotopic (exact) mass is 304 g/mol. The Bertz CT molecular complexity index is 643. The molecule has 2 rings (SSSR count). The van der Waals surface area contributed by atoms with E-state index in [4.69, 9.17) is 16.7 Å². The largest absolute Gasteiger partial charge is 0.382 e. The zero-order valence-corrected chi connectivity index (χ0v) is 12.0. The molecule has 6 N–H and O–H groups in total. The third-order valence-corrected chi connectivity index (χ3v) is 3.45. The van der Waals surface area contributed by atoms with E-state index in [1.54, 1.807) is 36.7 Å². The zero-order chi connectivity index (χ0) is 15.2. The normalized spacial score (nSPS) is 13.0. The molecular formula is C13H16N6OS. The van der Waals surface area contributed by atoms with E-state index in [2.05, 4.69) is 10.1 Å². The van der Waals surface area contributed by atoms with Crippen LogP contribution < -0.4 is 16.7 Å². The quantitative estimate of drug-likeness (QED) is 0.312. The van der Waals surface area contributed by atoms with Crippen LogP contribution in [0, 0.1) is 0 Å². The first kappa shape index (κ1) is 15.1. The van der Waals surface area contributed by atoms with E-state index >= 15 is 0 Å². The van der Waals surface area contributed by atoms with Crippen LogP contribution in [0.5, 0.6) is 0 Å². The minimum atomic E-state index is -1.51. The highest BCUT2D eigenvalue weighted by molar-refractivity contribution is 7.82. The van der Waals surface area contributed by atoms with Crippen LogP contribution in [-0.4, -0.2) is 20.1 Å². The van der Waals surface area contributed by atoms with Crippen molar-refractivity contribution >= 4 is 16.8 Å². The summed E-state index contributed by atoms with van der Waals surface area (Å²) in [7, 11) is -1.51. The number of hydrazine groups is 1. The first-order valence-electron chi connectivity index (χ1n) is 6.08. The number of nitrogens with two attached hydrogens (primary N) is 3. The van der Waals surface area contributed by atoms with Crippen molar-refractivity contribution in [1.29, 1.82) is 0 Å². The molecule has 21 heavy (non-hydrogen) atoms. The molecule has 0 saturated heterocycles. The number of hydrazone groups is 1. The molecule has 0 saturated carbocycles. The molecule has 2 aromatic rings. The van der Waals surface area contributed by atoms with Gasteiger partial charge in [-0.1, -0.05) is 0 Å². The van der Waals surface area contributed by atoms with Crippen molar-refractivity contribution in [1.82, 2.24) is 10.1 Å². The Kier molecular flexibility index (Phi) is 4.99. The lowest BCUT2D eigenvalue weighted by Crippen LogP contribution is -2.29. The zero-order valence-electron chi connectivity index (χ0n) is 11.2. The molecule has 0 aliphatic rings. The second kappa shape index (κ2) is 6.93. The van der Waals surface area contributed by atoms with E-state index in [0.717, 1.165) is 5.56 Å². The molecule has 110 valence electrons. The van der Waals surface area contributed by atoms with Gasteiger partial charge in [-0.25, -0.2) is 20.3 Å². The van der Waals surface area contributed by atoms with Crippen molar-refractivity contribution in [3.63, 3.8) is 0 Å². The molecule has 1 unspecified atom stereocenters.